The molecular formula is C26H24N4O4. The second kappa shape index (κ2) is 9.54. The highest BCUT2D eigenvalue weighted by Crippen LogP contribution is 2.26. The third kappa shape index (κ3) is 4.59. The third-order valence-corrected chi connectivity index (χ3v) is 6.00. The molecule has 3 amide bonds. The number of fused-ring (bicyclic) bond motifs is 1. The molecule has 1 aromatic heterocycles. The molecule has 1 N–H and O–H groups in total. The predicted octanol–water partition coefficient (Wildman–Crippen LogP) is 2.96. The van der Waals surface area contributed by atoms with Crippen LogP contribution in [0.3, 0.4) is 0 Å². The van der Waals surface area contributed by atoms with Crippen LogP contribution < -0.4 is 5.32 Å². The molecule has 0 saturated carbocycles. The molecule has 34 heavy (non-hydrogen) atoms. The number of pyridine rings is 1. The topological polar surface area (TPSA) is 91.8 Å². The predicted molar refractivity (Wildman–Crippen MR) is 125 cm³/mol. The smallest absolute Gasteiger partial charge is 0.261 e. The fraction of sp³-hybridized carbons (Fsp3) is 0.231. The maximum absolute atomic E-state index is 12.9. The molecule has 0 spiro atoms. The number of imide groups is 1. The van der Waals surface area contributed by atoms with Gasteiger partial charge in [-0.15, -0.1) is 0 Å². The fourth-order valence-electron chi connectivity index (χ4n) is 4.14. The van der Waals surface area contributed by atoms with Crippen LogP contribution in [0.15, 0.2) is 66.9 Å². The van der Waals surface area contributed by atoms with Gasteiger partial charge in [-0.3, -0.25) is 29.2 Å². The molecule has 5 rings (SSSR count). The quantitative estimate of drug-likeness (QED) is 0.574. The van der Waals surface area contributed by atoms with E-state index in [1.807, 2.05) is 24.3 Å². The van der Waals surface area contributed by atoms with Crippen molar-refractivity contribution >= 4 is 23.4 Å². The first kappa shape index (κ1) is 21.9. The Labute approximate surface area is 197 Å². The third-order valence-electron chi connectivity index (χ3n) is 6.00. The zero-order valence-corrected chi connectivity index (χ0v) is 18.6. The van der Waals surface area contributed by atoms with Crippen molar-refractivity contribution in [2.24, 2.45) is 0 Å². The van der Waals surface area contributed by atoms with Crippen molar-refractivity contribution in [3.63, 3.8) is 0 Å². The first-order valence-corrected chi connectivity index (χ1v) is 11.2. The summed E-state index contributed by atoms with van der Waals surface area (Å²) in [6, 6.07) is 17.6. The second-order valence-corrected chi connectivity index (χ2v) is 8.32. The number of amides is 3. The summed E-state index contributed by atoms with van der Waals surface area (Å²) in [4.78, 5) is 46.1. The molecule has 0 aliphatic carbocycles. The van der Waals surface area contributed by atoms with Gasteiger partial charge in [-0.2, -0.15) is 0 Å². The van der Waals surface area contributed by atoms with E-state index in [0.29, 0.717) is 22.5 Å². The van der Waals surface area contributed by atoms with Crippen molar-refractivity contribution in [3.8, 4) is 0 Å². The van der Waals surface area contributed by atoms with Gasteiger partial charge in [0.15, 0.2) is 0 Å². The molecular weight excluding hydrogens is 432 g/mol. The normalized spacial score (nSPS) is 15.9. The summed E-state index contributed by atoms with van der Waals surface area (Å²) in [6.07, 6.45) is 1.62. The van der Waals surface area contributed by atoms with E-state index in [-0.39, 0.29) is 23.9 Å². The van der Waals surface area contributed by atoms with Crippen LogP contribution in [0.25, 0.3) is 0 Å². The Morgan fingerprint density at radius 3 is 2.41 bits per heavy atom. The van der Waals surface area contributed by atoms with Crippen molar-refractivity contribution in [3.05, 3.63) is 94.8 Å². The van der Waals surface area contributed by atoms with Crippen molar-refractivity contribution in [1.29, 1.82) is 0 Å². The zero-order valence-electron chi connectivity index (χ0n) is 18.6. The average Bonchev–Trinajstić information content (AvgIpc) is 3.11. The molecule has 172 valence electrons. The second-order valence-electron chi connectivity index (χ2n) is 8.32. The highest BCUT2D eigenvalue weighted by Gasteiger charge is 2.36. The van der Waals surface area contributed by atoms with Gasteiger partial charge in [-0.25, -0.2) is 0 Å². The van der Waals surface area contributed by atoms with Crippen molar-refractivity contribution in [2.75, 3.05) is 31.6 Å². The Morgan fingerprint density at radius 1 is 0.912 bits per heavy atom. The van der Waals surface area contributed by atoms with Crippen LogP contribution in [0.4, 0.5) is 5.69 Å². The van der Waals surface area contributed by atoms with Crippen LogP contribution in [0, 0.1) is 0 Å². The zero-order chi connectivity index (χ0) is 23.5. The van der Waals surface area contributed by atoms with Crippen LogP contribution >= 0.6 is 0 Å². The van der Waals surface area contributed by atoms with Gasteiger partial charge < -0.3 is 10.1 Å². The molecule has 0 unspecified atom stereocenters. The average molecular weight is 457 g/mol. The van der Waals surface area contributed by atoms with E-state index in [1.165, 1.54) is 12.1 Å². The lowest BCUT2D eigenvalue weighted by molar-refractivity contribution is 0.0342. The molecule has 8 heteroatoms. The number of anilines is 1. The first-order valence-electron chi connectivity index (χ1n) is 11.2. The van der Waals surface area contributed by atoms with E-state index < -0.39 is 5.91 Å². The summed E-state index contributed by atoms with van der Waals surface area (Å²) in [5.41, 5.74) is 3.29. The number of hydrogen-bond donors (Lipinski definition) is 1. The maximum Gasteiger partial charge on any atom is 0.261 e. The number of rotatable bonds is 6. The minimum atomic E-state index is -0.423. The Balaban J connectivity index is 1.25. The molecule has 0 radical (unpaired) electrons. The van der Waals surface area contributed by atoms with Crippen LogP contribution in [0.5, 0.6) is 0 Å². The van der Waals surface area contributed by atoms with Gasteiger partial charge in [0.25, 0.3) is 17.7 Å². The van der Waals surface area contributed by atoms with Crippen molar-refractivity contribution < 1.29 is 19.1 Å². The van der Waals surface area contributed by atoms with Crippen LogP contribution in [0.2, 0.25) is 0 Å². The summed E-state index contributed by atoms with van der Waals surface area (Å²) in [7, 11) is 0. The summed E-state index contributed by atoms with van der Waals surface area (Å²) < 4.78 is 5.38. The van der Waals surface area contributed by atoms with Gasteiger partial charge in [0.05, 0.1) is 36.6 Å². The first-order chi connectivity index (χ1) is 16.6. The highest BCUT2D eigenvalue weighted by molar-refractivity contribution is 6.22. The van der Waals surface area contributed by atoms with Gasteiger partial charge in [0.1, 0.15) is 0 Å². The number of nitrogens with one attached hydrogen (secondary N) is 1. The maximum atomic E-state index is 12.9. The number of benzene rings is 2. The lowest BCUT2D eigenvalue weighted by Gasteiger charge is -2.26. The van der Waals surface area contributed by atoms with Crippen LogP contribution in [0.1, 0.15) is 42.3 Å². The van der Waals surface area contributed by atoms with Gasteiger partial charge in [-0.1, -0.05) is 18.2 Å². The van der Waals surface area contributed by atoms with Crippen molar-refractivity contribution in [2.45, 2.75) is 13.1 Å². The Hall–Kier alpha value is -3.88. The largest absolute Gasteiger partial charge is 0.379 e. The lowest BCUT2D eigenvalue weighted by atomic mass is 10.1. The number of morpholine rings is 1. The molecule has 3 aromatic rings. The Kier molecular flexibility index (Phi) is 6.16. The highest BCUT2D eigenvalue weighted by atomic mass is 16.5. The molecule has 0 atom stereocenters. The minimum Gasteiger partial charge on any atom is -0.379 e. The number of carbonyl (C=O) groups is 3. The van der Waals surface area contributed by atoms with Gasteiger partial charge in [0, 0.05) is 37.1 Å². The summed E-state index contributed by atoms with van der Waals surface area (Å²) in [6.45, 7) is 4.27. The number of ether oxygens (including phenoxy) is 1. The van der Waals surface area contributed by atoms with E-state index in [0.717, 1.165) is 43.3 Å². The molecule has 3 heterocycles. The lowest BCUT2D eigenvalue weighted by Crippen LogP contribution is -2.35. The van der Waals surface area contributed by atoms with Crippen LogP contribution in [-0.2, 0) is 17.8 Å². The molecule has 0 bridgehead atoms. The van der Waals surface area contributed by atoms with Crippen LogP contribution in [-0.4, -0.2) is 58.8 Å². The Bertz CT molecular complexity index is 1220. The number of nitrogens with zero attached hydrogens (tertiary/aromatic N) is 3. The van der Waals surface area contributed by atoms with E-state index in [9.17, 15) is 14.4 Å². The molecule has 2 aliphatic heterocycles. The number of carbonyl (C=O) groups excluding carboxylic acids is 3. The SMILES string of the molecule is O=C(Nc1ccc(CN2CCOCC2)cc1)c1ccc2c(c1)C(=O)N(Cc1ccccn1)C2=O. The van der Waals surface area contributed by atoms with E-state index in [1.54, 1.807) is 30.5 Å². The molecule has 2 aliphatic rings. The van der Waals surface area contributed by atoms with Gasteiger partial charge >= 0.3 is 0 Å². The van der Waals surface area contributed by atoms with E-state index >= 15 is 0 Å². The molecule has 1 fully saturated rings. The Morgan fingerprint density at radius 2 is 1.68 bits per heavy atom. The van der Waals surface area contributed by atoms with E-state index in [2.05, 4.69) is 15.2 Å². The molecule has 1 saturated heterocycles. The minimum absolute atomic E-state index is 0.0888. The molecule has 2 aromatic carbocycles. The fourth-order valence-corrected chi connectivity index (χ4v) is 4.14. The van der Waals surface area contributed by atoms with Gasteiger partial charge in [0.2, 0.25) is 0 Å². The van der Waals surface area contributed by atoms with E-state index in [4.69, 9.17) is 4.74 Å². The standard InChI is InChI=1S/C26H24N4O4/c31-24(28-20-7-4-18(5-8-20)16-29-11-13-34-14-12-29)19-6-9-22-23(15-19)26(33)30(25(22)32)17-21-3-1-2-10-27-21/h1-10,15H,11-14,16-17H2,(H,28,31). The number of aromatic nitrogens is 1. The summed E-state index contributed by atoms with van der Waals surface area (Å²) in [5.74, 6) is -1.15. The molecule has 8 nitrogen and oxygen atoms in total. The van der Waals surface area contributed by atoms with Gasteiger partial charge in [-0.05, 0) is 48.0 Å². The number of hydrogen-bond acceptors (Lipinski definition) is 6. The summed E-state index contributed by atoms with van der Waals surface area (Å²) in [5, 5.41) is 2.86. The van der Waals surface area contributed by atoms with Crippen molar-refractivity contribution in [1.82, 2.24) is 14.8 Å². The summed E-state index contributed by atoms with van der Waals surface area (Å²) >= 11 is 0. The monoisotopic (exact) mass is 456 g/mol.